The molecule has 6 heteroatoms. The molecule has 0 N–H and O–H groups in total. The van der Waals surface area contributed by atoms with Gasteiger partial charge in [-0.1, -0.05) is 184 Å². The number of rotatable bonds is 39. The number of ether oxygens (including phenoxy) is 3. The molecule has 0 amide bonds. The molecule has 0 saturated carbocycles. The van der Waals surface area contributed by atoms with Crippen molar-refractivity contribution in [2.45, 2.75) is 213 Å². The van der Waals surface area contributed by atoms with E-state index in [1.807, 2.05) is 24.3 Å². The van der Waals surface area contributed by atoms with Crippen LogP contribution in [0.5, 0.6) is 0 Å². The Morgan fingerprint density at radius 2 is 0.741 bits per heavy atom. The molecule has 0 spiro atoms. The van der Waals surface area contributed by atoms with Gasteiger partial charge in [0.15, 0.2) is 6.10 Å². The summed E-state index contributed by atoms with van der Waals surface area (Å²) in [5.74, 6) is -0.925. The highest BCUT2D eigenvalue weighted by atomic mass is 16.6. The van der Waals surface area contributed by atoms with Crippen molar-refractivity contribution in [3.05, 3.63) is 60.8 Å². The second-order valence-electron chi connectivity index (χ2n) is 14.7. The number of esters is 3. The summed E-state index contributed by atoms with van der Waals surface area (Å²) in [6.07, 6.45) is 50.6. The van der Waals surface area contributed by atoms with Gasteiger partial charge in [0.1, 0.15) is 13.2 Å². The smallest absolute Gasteiger partial charge is 0.306 e. The third-order valence-electron chi connectivity index (χ3n) is 9.35. The van der Waals surface area contributed by atoms with Gasteiger partial charge in [0.25, 0.3) is 0 Å². The first-order chi connectivity index (χ1) is 26.5. The molecule has 0 saturated heterocycles. The molecular formula is C48H82O6. The van der Waals surface area contributed by atoms with Crippen LogP contribution >= 0.6 is 0 Å². The number of hydrogen-bond acceptors (Lipinski definition) is 6. The normalized spacial score (nSPS) is 12.6. The number of allylic oxidation sites excluding steroid dienone is 10. The quantitative estimate of drug-likeness (QED) is 0.0204. The van der Waals surface area contributed by atoms with Gasteiger partial charge in [-0.25, -0.2) is 0 Å². The SMILES string of the molecule is CC\C=C/C=C\C=C/C=C\CCCCCCCC(=O)OCC(COC(=O)CCCCCCCCCCC)OC(=O)CCCCCCC/C=C\CCCCC. The number of unbranched alkanes of at least 4 members (excludes halogenated alkanes) is 21. The number of carbonyl (C=O) groups excluding carboxylic acids is 3. The van der Waals surface area contributed by atoms with E-state index < -0.39 is 6.10 Å². The van der Waals surface area contributed by atoms with Crippen LogP contribution in [0.2, 0.25) is 0 Å². The van der Waals surface area contributed by atoms with Crippen molar-refractivity contribution in [2.75, 3.05) is 13.2 Å². The van der Waals surface area contributed by atoms with E-state index in [-0.39, 0.29) is 31.1 Å². The van der Waals surface area contributed by atoms with E-state index in [2.05, 4.69) is 57.2 Å². The van der Waals surface area contributed by atoms with Crippen molar-refractivity contribution in [3.8, 4) is 0 Å². The zero-order valence-electron chi connectivity index (χ0n) is 35.2. The van der Waals surface area contributed by atoms with E-state index in [1.165, 1.54) is 70.6 Å². The van der Waals surface area contributed by atoms with Crippen LogP contribution in [0.3, 0.4) is 0 Å². The van der Waals surface area contributed by atoms with Crippen molar-refractivity contribution in [1.82, 2.24) is 0 Å². The first-order valence-corrected chi connectivity index (χ1v) is 22.3. The van der Waals surface area contributed by atoms with Crippen molar-refractivity contribution < 1.29 is 28.6 Å². The summed E-state index contributed by atoms with van der Waals surface area (Å²) >= 11 is 0. The molecule has 6 nitrogen and oxygen atoms in total. The highest BCUT2D eigenvalue weighted by Crippen LogP contribution is 2.13. The van der Waals surface area contributed by atoms with Crippen molar-refractivity contribution in [1.29, 1.82) is 0 Å². The van der Waals surface area contributed by atoms with Gasteiger partial charge >= 0.3 is 17.9 Å². The predicted molar refractivity (Wildman–Crippen MR) is 228 cm³/mol. The molecule has 0 heterocycles. The Labute approximate surface area is 332 Å². The molecule has 0 aromatic heterocycles. The molecular weight excluding hydrogens is 673 g/mol. The Hall–Kier alpha value is -2.89. The van der Waals surface area contributed by atoms with Gasteiger partial charge < -0.3 is 14.2 Å². The lowest BCUT2D eigenvalue weighted by atomic mass is 10.1. The fourth-order valence-electron chi connectivity index (χ4n) is 5.97. The molecule has 310 valence electrons. The molecule has 0 rings (SSSR count). The largest absolute Gasteiger partial charge is 0.462 e. The Balaban J connectivity index is 4.42. The Bertz CT molecular complexity index is 1010. The van der Waals surface area contributed by atoms with Gasteiger partial charge in [0.2, 0.25) is 0 Å². The van der Waals surface area contributed by atoms with E-state index in [4.69, 9.17) is 14.2 Å². The summed E-state index contributed by atoms with van der Waals surface area (Å²) in [7, 11) is 0. The van der Waals surface area contributed by atoms with Gasteiger partial charge in [-0.3, -0.25) is 14.4 Å². The summed E-state index contributed by atoms with van der Waals surface area (Å²) in [5, 5.41) is 0. The van der Waals surface area contributed by atoms with Crippen LogP contribution in [-0.2, 0) is 28.6 Å². The maximum absolute atomic E-state index is 12.7. The predicted octanol–water partition coefficient (Wildman–Crippen LogP) is 14.1. The van der Waals surface area contributed by atoms with Gasteiger partial charge in [0.05, 0.1) is 0 Å². The first-order valence-electron chi connectivity index (χ1n) is 22.3. The van der Waals surface area contributed by atoms with Crippen molar-refractivity contribution in [3.63, 3.8) is 0 Å². The summed E-state index contributed by atoms with van der Waals surface area (Å²) < 4.78 is 16.6. The summed E-state index contributed by atoms with van der Waals surface area (Å²) in [6.45, 7) is 6.41. The van der Waals surface area contributed by atoms with Crippen molar-refractivity contribution >= 4 is 17.9 Å². The maximum atomic E-state index is 12.7. The van der Waals surface area contributed by atoms with E-state index >= 15 is 0 Å². The van der Waals surface area contributed by atoms with Crippen LogP contribution in [-0.4, -0.2) is 37.2 Å². The minimum Gasteiger partial charge on any atom is -0.462 e. The lowest BCUT2D eigenvalue weighted by Crippen LogP contribution is -2.30. The average molecular weight is 755 g/mol. The average Bonchev–Trinajstić information content (AvgIpc) is 3.17. The summed E-state index contributed by atoms with van der Waals surface area (Å²) in [5.41, 5.74) is 0. The lowest BCUT2D eigenvalue weighted by molar-refractivity contribution is -0.167. The molecule has 1 atom stereocenters. The second-order valence-corrected chi connectivity index (χ2v) is 14.7. The molecule has 0 aromatic rings. The molecule has 0 aliphatic carbocycles. The molecule has 0 aliphatic rings. The molecule has 0 bridgehead atoms. The Morgan fingerprint density at radius 1 is 0.389 bits per heavy atom. The zero-order valence-corrected chi connectivity index (χ0v) is 35.2. The number of hydrogen-bond donors (Lipinski definition) is 0. The van der Waals surface area contributed by atoms with Gasteiger partial charge in [0, 0.05) is 19.3 Å². The van der Waals surface area contributed by atoms with Crippen LogP contribution in [0.15, 0.2) is 60.8 Å². The molecule has 1 unspecified atom stereocenters. The summed E-state index contributed by atoms with van der Waals surface area (Å²) in [6, 6.07) is 0. The Morgan fingerprint density at radius 3 is 1.22 bits per heavy atom. The molecule has 0 fully saturated rings. The monoisotopic (exact) mass is 755 g/mol. The third kappa shape index (κ3) is 40.3. The summed E-state index contributed by atoms with van der Waals surface area (Å²) in [4.78, 5) is 37.6. The van der Waals surface area contributed by atoms with E-state index in [9.17, 15) is 14.4 Å². The molecule has 0 radical (unpaired) electrons. The van der Waals surface area contributed by atoms with E-state index in [0.717, 1.165) is 96.3 Å². The van der Waals surface area contributed by atoms with Crippen LogP contribution in [0.1, 0.15) is 207 Å². The highest BCUT2D eigenvalue weighted by molar-refractivity contribution is 5.71. The van der Waals surface area contributed by atoms with E-state index in [1.54, 1.807) is 0 Å². The fraction of sp³-hybridized carbons (Fsp3) is 0.729. The van der Waals surface area contributed by atoms with Crippen LogP contribution < -0.4 is 0 Å². The minimum absolute atomic E-state index is 0.0848. The second kappa shape index (κ2) is 42.8. The molecule has 54 heavy (non-hydrogen) atoms. The Kier molecular flexibility index (Phi) is 40.6. The lowest BCUT2D eigenvalue weighted by Gasteiger charge is -2.18. The minimum atomic E-state index is -0.783. The first kappa shape index (κ1) is 51.1. The van der Waals surface area contributed by atoms with Crippen LogP contribution in [0.25, 0.3) is 0 Å². The standard InChI is InChI=1S/C48H82O6/c1-4-7-10-13-16-19-21-23-24-25-27-29-32-35-38-41-47(50)53-44-45(43-52-46(49)40-37-34-31-28-18-15-12-9-6-3)54-48(51)42-39-36-33-30-26-22-20-17-14-11-8-5-2/h7,10,13,16-17,19-21,23-24,45H,4-6,8-9,11-12,14-15,18,22,25-44H2,1-3H3/b10-7-,16-13-,20-17-,21-19-,24-23-. The number of carbonyl (C=O) groups is 3. The highest BCUT2D eigenvalue weighted by Gasteiger charge is 2.19. The van der Waals surface area contributed by atoms with Gasteiger partial charge in [-0.05, 0) is 64.2 Å². The van der Waals surface area contributed by atoms with E-state index in [0.29, 0.717) is 19.3 Å². The zero-order chi connectivity index (χ0) is 39.4. The molecule has 0 aliphatic heterocycles. The van der Waals surface area contributed by atoms with Crippen LogP contribution in [0, 0.1) is 0 Å². The van der Waals surface area contributed by atoms with Gasteiger partial charge in [-0.2, -0.15) is 0 Å². The fourth-order valence-corrected chi connectivity index (χ4v) is 5.97. The van der Waals surface area contributed by atoms with Crippen LogP contribution in [0.4, 0.5) is 0 Å². The topological polar surface area (TPSA) is 78.9 Å². The maximum Gasteiger partial charge on any atom is 0.306 e. The van der Waals surface area contributed by atoms with Gasteiger partial charge in [-0.15, -0.1) is 0 Å². The van der Waals surface area contributed by atoms with Crippen molar-refractivity contribution in [2.24, 2.45) is 0 Å². The molecule has 0 aromatic carbocycles. The third-order valence-corrected chi connectivity index (χ3v) is 9.35.